The van der Waals surface area contributed by atoms with Crippen molar-refractivity contribution in [2.75, 3.05) is 6.54 Å². The summed E-state index contributed by atoms with van der Waals surface area (Å²) in [7, 11) is 0. The van der Waals surface area contributed by atoms with Crippen molar-refractivity contribution < 1.29 is 10.2 Å². The van der Waals surface area contributed by atoms with E-state index in [4.69, 9.17) is 0 Å². The summed E-state index contributed by atoms with van der Waals surface area (Å²) in [6.45, 7) is 1.65. The molecule has 0 aliphatic carbocycles. The largest absolute Gasteiger partial charge is 0.504 e. The third kappa shape index (κ3) is 1.80. The topological polar surface area (TPSA) is 65.4 Å². The highest BCUT2D eigenvalue weighted by Gasteiger charge is 2.22. The number of phenolic OH excluding ortho intramolecular Hbond substituents is 2. The van der Waals surface area contributed by atoms with Gasteiger partial charge in [-0.2, -0.15) is 0 Å². The highest BCUT2D eigenvalue weighted by molar-refractivity contribution is 5.46. The van der Waals surface area contributed by atoms with Gasteiger partial charge in [-0.3, -0.25) is 4.98 Å². The van der Waals surface area contributed by atoms with Gasteiger partial charge >= 0.3 is 0 Å². The Balaban J connectivity index is 2.05. The fourth-order valence-corrected chi connectivity index (χ4v) is 2.43. The summed E-state index contributed by atoms with van der Waals surface area (Å²) in [4.78, 5) is 4.17. The Morgan fingerprint density at radius 2 is 2.06 bits per heavy atom. The van der Waals surface area contributed by atoms with Gasteiger partial charge in [-0.05, 0) is 34.9 Å². The molecule has 4 nitrogen and oxygen atoms in total. The first-order chi connectivity index (χ1) is 8.75. The first-order valence-electron chi connectivity index (χ1n) is 5.91. The summed E-state index contributed by atoms with van der Waals surface area (Å²) in [6, 6.07) is 6.98. The maximum Gasteiger partial charge on any atom is 0.157 e. The molecule has 0 saturated carbocycles. The van der Waals surface area contributed by atoms with Crippen LogP contribution in [0.3, 0.4) is 0 Å². The molecule has 0 amide bonds. The number of benzene rings is 1. The van der Waals surface area contributed by atoms with Crippen LogP contribution in [0.5, 0.6) is 11.5 Å². The number of hydrogen-bond acceptors (Lipinski definition) is 4. The van der Waals surface area contributed by atoms with Crippen LogP contribution in [0, 0.1) is 0 Å². The Morgan fingerprint density at radius 1 is 1.17 bits per heavy atom. The van der Waals surface area contributed by atoms with Crippen LogP contribution in [0.2, 0.25) is 0 Å². The predicted octanol–water partition coefficient (Wildman–Crippen LogP) is 1.73. The van der Waals surface area contributed by atoms with E-state index in [9.17, 15) is 10.2 Å². The monoisotopic (exact) mass is 242 g/mol. The number of aromatic hydroxyl groups is 2. The SMILES string of the molecule is Oc1ccc(C2CNCc3ccncc32)cc1O. The molecule has 3 rings (SSSR count). The van der Waals surface area contributed by atoms with Crippen molar-refractivity contribution in [2.24, 2.45) is 0 Å². The van der Waals surface area contributed by atoms with Crippen molar-refractivity contribution in [3.8, 4) is 11.5 Å². The number of pyridine rings is 1. The molecule has 18 heavy (non-hydrogen) atoms. The van der Waals surface area contributed by atoms with Crippen molar-refractivity contribution in [1.82, 2.24) is 10.3 Å². The van der Waals surface area contributed by atoms with E-state index in [0.29, 0.717) is 0 Å². The minimum Gasteiger partial charge on any atom is -0.504 e. The highest BCUT2D eigenvalue weighted by atomic mass is 16.3. The van der Waals surface area contributed by atoms with E-state index >= 15 is 0 Å². The van der Waals surface area contributed by atoms with Crippen LogP contribution in [-0.4, -0.2) is 21.7 Å². The van der Waals surface area contributed by atoms with Crippen molar-refractivity contribution in [3.05, 3.63) is 53.3 Å². The summed E-state index contributed by atoms with van der Waals surface area (Å²) < 4.78 is 0. The van der Waals surface area contributed by atoms with E-state index < -0.39 is 0 Å². The summed E-state index contributed by atoms with van der Waals surface area (Å²) in [5, 5.41) is 22.3. The first-order valence-corrected chi connectivity index (χ1v) is 5.91. The van der Waals surface area contributed by atoms with Crippen LogP contribution in [0.1, 0.15) is 22.6 Å². The number of nitrogens with zero attached hydrogens (tertiary/aromatic N) is 1. The molecule has 1 aromatic carbocycles. The fraction of sp³-hybridized carbons (Fsp3) is 0.214. The van der Waals surface area contributed by atoms with E-state index in [-0.39, 0.29) is 17.4 Å². The van der Waals surface area contributed by atoms with Gasteiger partial charge in [-0.15, -0.1) is 0 Å². The van der Waals surface area contributed by atoms with Crippen molar-refractivity contribution in [2.45, 2.75) is 12.5 Å². The molecule has 1 aromatic heterocycles. The van der Waals surface area contributed by atoms with E-state index in [1.807, 2.05) is 18.3 Å². The van der Waals surface area contributed by atoms with Gasteiger partial charge < -0.3 is 15.5 Å². The molecule has 2 heterocycles. The number of fused-ring (bicyclic) bond motifs is 1. The zero-order chi connectivity index (χ0) is 12.5. The molecule has 92 valence electrons. The Labute approximate surface area is 105 Å². The lowest BCUT2D eigenvalue weighted by Gasteiger charge is -2.26. The van der Waals surface area contributed by atoms with E-state index in [1.54, 1.807) is 12.3 Å². The maximum atomic E-state index is 9.59. The van der Waals surface area contributed by atoms with E-state index in [2.05, 4.69) is 10.3 Å². The molecule has 1 atom stereocenters. The Hall–Kier alpha value is -2.07. The van der Waals surface area contributed by atoms with Crippen molar-refractivity contribution in [1.29, 1.82) is 0 Å². The third-order valence-electron chi connectivity index (χ3n) is 3.39. The summed E-state index contributed by atoms with van der Waals surface area (Å²) >= 11 is 0. The van der Waals surface area contributed by atoms with Gasteiger partial charge in [0.25, 0.3) is 0 Å². The first kappa shape index (κ1) is 11.0. The second kappa shape index (κ2) is 4.31. The lowest BCUT2D eigenvalue weighted by molar-refractivity contribution is 0.402. The second-order valence-electron chi connectivity index (χ2n) is 4.51. The molecule has 1 aliphatic rings. The van der Waals surface area contributed by atoms with E-state index in [0.717, 1.165) is 18.7 Å². The number of rotatable bonds is 1. The normalized spacial score (nSPS) is 18.3. The fourth-order valence-electron chi connectivity index (χ4n) is 2.43. The van der Waals surface area contributed by atoms with Crippen LogP contribution in [0.4, 0.5) is 0 Å². The quantitative estimate of drug-likeness (QED) is 0.666. The van der Waals surface area contributed by atoms with Crippen molar-refractivity contribution >= 4 is 0 Å². The number of nitrogens with one attached hydrogen (secondary N) is 1. The van der Waals surface area contributed by atoms with Crippen LogP contribution in [0.25, 0.3) is 0 Å². The van der Waals surface area contributed by atoms with Crippen LogP contribution < -0.4 is 5.32 Å². The van der Waals surface area contributed by atoms with Crippen LogP contribution in [0.15, 0.2) is 36.7 Å². The molecular weight excluding hydrogens is 228 g/mol. The average Bonchev–Trinajstić information content (AvgIpc) is 2.41. The molecule has 2 aromatic rings. The van der Waals surface area contributed by atoms with Gasteiger partial charge in [-0.25, -0.2) is 0 Å². The Kier molecular flexibility index (Phi) is 2.64. The van der Waals surface area contributed by atoms with E-state index in [1.165, 1.54) is 17.2 Å². The highest BCUT2D eigenvalue weighted by Crippen LogP contribution is 2.34. The maximum absolute atomic E-state index is 9.59. The minimum atomic E-state index is -0.0890. The summed E-state index contributed by atoms with van der Waals surface area (Å²) in [5.74, 6) is -0.00797. The third-order valence-corrected chi connectivity index (χ3v) is 3.39. The number of hydrogen-bond donors (Lipinski definition) is 3. The van der Waals surface area contributed by atoms with Gasteiger partial charge in [-0.1, -0.05) is 6.07 Å². The molecule has 3 N–H and O–H groups in total. The predicted molar refractivity (Wildman–Crippen MR) is 67.6 cm³/mol. The van der Waals surface area contributed by atoms with Gasteiger partial charge in [0.1, 0.15) is 0 Å². The zero-order valence-corrected chi connectivity index (χ0v) is 9.80. The Morgan fingerprint density at radius 3 is 2.89 bits per heavy atom. The van der Waals surface area contributed by atoms with Gasteiger partial charge in [0, 0.05) is 31.4 Å². The summed E-state index contributed by atoms with van der Waals surface area (Å²) in [6.07, 6.45) is 3.67. The second-order valence-corrected chi connectivity index (χ2v) is 4.51. The lowest BCUT2D eigenvalue weighted by atomic mass is 9.87. The van der Waals surface area contributed by atoms with Crippen LogP contribution in [-0.2, 0) is 6.54 Å². The molecule has 4 heteroatoms. The molecule has 0 radical (unpaired) electrons. The minimum absolute atomic E-state index is 0.0801. The number of phenols is 2. The summed E-state index contributed by atoms with van der Waals surface area (Å²) in [5.41, 5.74) is 3.39. The molecule has 1 unspecified atom stereocenters. The average molecular weight is 242 g/mol. The van der Waals surface area contributed by atoms with Gasteiger partial charge in [0.2, 0.25) is 0 Å². The Bertz CT molecular complexity index is 584. The molecule has 0 bridgehead atoms. The molecular formula is C14H14N2O2. The standard InChI is InChI=1S/C14H14N2O2/c17-13-2-1-9(5-14(13)18)11-8-16-6-10-3-4-15-7-12(10)11/h1-5,7,11,16-18H,6,8H2. The lowest BCUT2D eigenvalue weighted by Crippen LogP contribution is -2.28. The molecule has 0 saturated heterocycles. The van der Waals surface area contributed by atoms with Crippen molar-refractivity contribution in [3.63, 3.8) is 0 Å². The van der Waals surface area contributed by atoms with Gasteiger partial charge in [0.05, 0.1) is 0 Å². The zero-order valence-electron chi connectivity index (χ0n) is 9.80. The smallest absolute Gasteiger partial charge is 0.157 e. The molecule has 0 fully saturated rings. The molecule has 0 spiro atoms. The molecule has 1 aliphatic heterocycles. The van der Waals surface area contributed by atoms with Gasteiger partial charge in [0.15, 0.2) is 11.5 Å². The number of aromatic nitrogens is 1. The van der Waals surface area contributed by atoms with Crippen LogP contribution >= 0.6 is 0 Å².